The van der Waals surface area contributed by atoms with E-state index in [0.29, 0.717) is 0 Å². The largest absolute Gasteiger partial charge is 0.496 e. The van der Waals surface area contributed by atoms with Crippen LogP contribution < -0.4 is 4.74 Å². The van der Waals surface area contributed by atoms with Crippen molar-refractivity contribution in [2.24, 2.45) is 0 Å². The Morgan fingerprint density at radius 1 is 1.22 bits per heavy atom. The number of rotatable bonds is 5. The summed E-state index contributed by atoms with van der Waals surface area (Å²) in [4.78, 5) is 2.16. The smallest absolute Gasteiger partial charge is 0.124 e. The van der Waals surface area contributed by atoms with E-state index in [2.05, 4.69) is 30.9 Å². The molecule has 0 aromatic heterocycles. The molecule has 0 aliphatic rings. The van der Waals surface area contributed by atoms with Crippen LogP contribution in [-0.2, 0) is 6.54 Å². The molecule has 0 saturated heterocycles. The van der Waals surface area contributed by atoms with Crippen molar-refractivity contribution in [2.45, 2.75) is 39.8 Å². The molecule has 0 fully saturated rings. The number of ether oxygens (including phenoxy) is 1. The lowest BCUT2D eigenvalue weighted by molar-refractivity contribution is 0.0733. The van der Waals surface area contributed by atoms with E-state index < -0.39 is 0 Å². The van der Waals surface area contributed by atoms with Crippen molar-refractivity contribution in [3.05, 3.63) is 28.8 Å². The molecule has 3 heteroatoms. The van der Waals surface area contributed by atoms with Crippen LogP contribution in [0.5, 0.6) is 5.75 Å². The Balaban J connectivity index is 2.93. The molecular weight excluding hydrogens is 226 g/mol. The minimum absolute atomic E-state index is 0.150. The second kappa shape index (κ2) is 5.72. The fourth-order valence-electron chi connectivity index (χ4n) is 2.06. The average molecular weight is 251 g/mol. The number of methoxy groups -OCH3 is 1. The number of aryl methyl sites for hydroxylation is 2. The van der Waals surface area contributed by atoms with Gasteiger partial charge >= 0.3 is 0 Å². The lowest BCUT2D eigenvalue weighted by atomic mass is 10.0. The topological polar surface area (TPSA) is 32.7 Å². The molecule has 1 N–H and O–H groups in total. The van der Waals surface area contributed by atoms with Crippen molar-refractivity contribution in [1.82, 2.24) is 4.90 Å². The zero-order valence-electron chi connectivity index (χ0n) is 12.4. The van der Waals surface area contributed by atoms with Crippen LogP contribution in [-0.4, -0.2) is 36.3 Å². The van der Waals surface area contributed by atoms with Crippen molar-refractivity contribution in [2.75, 3.05) is 20.8 Å². The first-order chi connectivity index (χ1) is 8.31. The summed E-state index contributed by atoms with van der Waals surface area (Å²) in [7, 11) is 3.74. The van der Waals surface area contributed by atoms with Crippen molar-refractivity contribution in [1.29, 1.82) is 0 Å². The zero-order chi connectivity index (χ0) is 13.9. The summed E-state index contributed by atoms with van der Waals surface area (Å²) in [5.74, 6) is 0.961. The van der Waals surface area contributed by atoms with Crippen LogP contribution >= 0.6 is 0 Å². The lowest BCUT2D eigenvalue weighted by Gasteiger charge is -2.34. The highest BCUT2D eigenvalue weighted by Crippen LogP contribution is 2.25. The van der Waals surface area contributed by atoms with Gasteiger partial charge in [0.05, 0.1) is 13.7 Å². The maximum atomic E-state index is 9.37. The summed E-state index contributed by atoms with van der Waals surface area (Å²) < 4.78 is 5.37. The van der Waals surface area contributed by atoms with Gasteiger partial charge < -0.3 is 9.84 Å². The molecule has 18 heavy (non-hydrogen) atoms. The van der Waals surface area contributed by atoms with E-state index in [-0.39, 0.29) is 12.1 Å². The molecule has 0 atom stereocenters. The fraction of sp³-hybridized carbons (Fsp3) is 0.600. The molecule has 0 aliphatic carbocycles. The van der Waals surface area contributed by atoms with Crippen LogP contribution in [0.2, 0.25) is 0 Å². The molecule has 0 radical (unpaired) electrons. The molecule has 0 amide bonds. The molecule has 0 saturated carbocycles. The van der Waals surface area contributed by atoms with Crippen LogP contribution in [0.3, 0.4) is 0 Å². The molecule has 0 bridgehead atoms. The number of benzene rings is 1. The SMILES string of the molecule is COc1c(C)cc(CN(C)C(C)(C)CO)cc1C. The van der Waals surface area contributed by atoms with Crippen LogP contribution in [0.1, 0.15) is 30.5 Å². The predicted molar refractivity (Wildman–Crippen MR) is 75.1 cm³/mol. The maximum Gasteiger partial charge on any atom is 0.124 e. The Kier molecular flexibility index (Phi) is 4.77. The van der Waals surface area contributed by atoms with Gasteiger partial charge in [-0.1, -0.05) is 12.1 Å². The lowest BCUT2D eigenvalue weighted by Crippen LogP contribution is -2.43. The number of hydrogen-bond acceptors (Lipinski definition) is 3. The van der Waals surface area contributed by atoms with Gasteiger partial charge in [-0.3, -0.25) is 4.90 Å². The maximum absolute atomic E-state index is 9.37. The summed E-state index contributed by atoms with van der Waals surface area (Å²) in [6.45, 7) is 9.17. The van der Waals surface area contributed by atoms with E-state index in [1.807, 2.05) is 20.9 Å². The van der Waals surface area contributed by atoms with Crippen LogP contribution in [0.25, 0.3) is 0 Å². The third kappa shape index (κ3) is 3.24. The van der Waals surface area contributed by atoms with Crippen LogP contribution in [0.15, 0.2) is 12.1 Å². The Hall–Kier alpha value is -1.06. The summed E-state index contributed by atoms with van der Waals surface area (Å²) in [5, 5.41) is 9.37. The summed E-state index contributed by atoms with van der Waals surface area (Å²) in [6.07, 6.45) is 0. The standard InChI is InChI=1S/C15H25NO2/c1-11-7-13(8-12(2)14(11)18-6)9-16(5)15(3,4)10-17/h7-8,17H,9-10H2,1-6H3. The highest BCUT2D eigenvalue weighted by Gasteiger charge is 2.22. The molecule has 3 nitrogen and oxygen atoms in total. The van der Waals surface area contributed by atoms with Gasteiger partial charge in [-0.2, -0.15) is 0 Å². The molecule has 0 unspecified atom stereocenters. The van der Waals surface area contributed by atoms with Crippen molar-refractivity contribution >= 4 is 0 Å². The molecule has 1 rings (SSSR count). The molecular formula is C15H25NO2. The fourth-order valence-corrected chi connectivity index (χ4v) is 2.06. The Bertz CT molecular complexity index is 390. The van der Waals surface area contributed by atoms with E-state index in [1.165, 1.54) is 5.56 Å². The zero-order valence-corrected chi connectivity index (χ0v) is 12.4. The highest BCUT2D eigenvalue weighted by atomic mass is 16.5. The van der Waals surface area contributed by atoms with Crippen molar-refractivity contribution in [3.8, 4) is 5.75 Å². The van der Waals surface area contributed by atoms with Crippen molar-refractivity contribution in [3.63, 3.8) is 0 Å². The van der Waals surface area contributed by atoms with E-state index >= 15 is 0 Å². The van der Waals surface area contributed by atoms with Gasteiger partial charge in [-0.05, 0) is 51.4 Å². The molecule has 0 heterocycles. The van der Waals surface area contributed by atoms with Gasteiger partial charge in [0.15, 0.2) is 0 Å². The van der Waals surface area contributed by atoms with Gasteiger partial charge in [-0.15, -0.1) is 0 Å². The second-order valence-electron chi connectivity index (χ2n) is 5.59. The minimum Gasteiger partial charge on any atom is -0.496 e. The predicted octanol–water partition coefficient (Wildman–Crippen LogP) is 2.51. The molecule has 1 aromatic carbocycles. The number of likely N-dealkylation sites (N-methyl/N-ethyl adjacent to an activating group) is 1. The Morgan fingerprint density at radius 2 is 1.72 bits per heavy atom. The van der Waals surface area contributed by atoms with Gasteiger partial charge in [-0.25, -0.2) is 0 Å². The van der Waals surface area contributed by atoms with Crippen molar-refractivity contribution < 1.29 is 9.84 Å². The third-order valence-electron chi connectivity index (χ3n) is 3.56. The second-order valence-corrected chi connectivity index (χ2v) is 5.59. The Labute approximate surface area is 110 Å². The molecule has 0 aliphatic heterocycles. The normalized spacial score (nSPS) is 12.0. The third-order valence-corrected chi connectivity index (χ3v) is 3.56. The van der Waals surface area contributed by atoms with E-state index in [9.17, 15) is 5.11 Å². The van der Waals surface area contributed by atoms with Gasteiger partial charge in [0.2, 0.25) is 0 Å². The first-order valence-corrected chi connectivity index (χ1v) is 6.28. The number of aliphatic hydroxyl groups is 1. The highest BCUT2D eigenvalue weighted by molar-refractivity contribution is 5.43. The van der Waals surface area contributed by atoms with Gasteiger partial charge in [0.1, 0.15) is 5.75 Å². The minimum atomic E-state index is -0.207. The average Bonchev–Trinajstić information content (AvgIpc) is 2.28. The van der Waals surface area contributed by atoms with Gasteiger partial charge in [0.25, 0.3) is 0 Å². The number of hydrogen-bond donors (Lipinski definition) is 1. The van der Waals surface area contributed by atoms with E-state index in [1.54, 1.807) is 7.11 Å². The summed E-state index contributed by atoms with van der Waals surface area (Å²) in [6, 6.07) is 4.30. The van der Waals surface area contributed by atoms with Crippen LogP contribution in [0.4, 0.5) is 0 Å². The number of nitrogens with zero attached hydrogens (tertiary/aromatic N) is 1. The van der Waals surface area contributed by atoms with E-state index in [0.717, 1.165) is 23.4 Å². The molecule has 102 valence electrons. The Morgan fingerprint density at radius 3 is 2.11 bits per heavy atom. The molecule has 0 spiro atoms. The monoisotopic (exact) mass is 251 g/mol. The van der Waals surface area contributed by atoms with E-state index in [4.69, 9.17) is 4.74 Å². The van der Waals surface area contributed by atoms with Crippen LogP contribution in [0, 0.1) is 13.8 Å². The first kappa shape index (κ1) is 15.0. The number of aliphatic hydroxyl groups excluding tert-OH is 1. The molecule has 1 aromatic rings. The van der Waals surface area contributed by atoms with Gasteiger partial charge in [0, 0.05) is 12.1 Å². The first-order valence-electron chi connectivity index (χ1n) is 6.28. The summed E-state index contributed by atoms with van der Waals surface area (Å²) in [5.41, 5.74) is 3.35. The summed E-state index contributed by atoms with van der Waals surface area (Å²) >= 11 is 0. The quantitative estimate of drug-likeness (QED) is 0.873.